The molecule has 2 aliphatic rings. The predicted molar refractivity (Wildman–Crippen MR) is 124 cm³/mol. The first-order valence-corrected chi connectivity index (χ1v) is 12.1. The highest BCUT2D eigenvalue weighted by molar-refractivity contribution is 8.18. The van der Waals surface area contributed by atoms with Gasteiger partial charge in [-0.15, -0.1) is 11.3 Å². The lowest BCUT2D eigenvalue weighted by molar-refractivity contribution is -0.122. The Bertz CT molecular complexity index is 1260. The Morgan fingerprint density at radius 1 is 1.03 bits per heavy atom. The lowest BCUT2D eigenvalue weighted by Crippen LogP contribution is -2.31. The molecule has 0 atom stereocenters. The molecule has 0 bridgehead atoms. The molecule has 3 aromatic rings. The molecular formula is C23H21N3O3S2. The number of carbonyl (C=O) groups is 2. The maximum absolute atomic E-state index is 13.0. The average Bonchev–Trinajstić information content (AvgIpc) is 3.28. The Labute approximate surface area is 187 Å². The average molecular weight is 452 g/mol. The Kier molecular flexibility index (Phi) is 5.50. The zero-order chi connectivity index (χ0) is 21.4. The summed E-state index contributed by atoms with van der Waals surface area (Å²) in [4.78, 5) is 46.4. The van der Waals surface area contributed by atoms with Gasteiger partial charge < -0.3 is 0 Å². The minimum Gasteiger partial charge on any atom is -0.299 e. The fraction of sp³-hybridized carbons (Fsp3) is 0.304. The normalized spacial score (nSPS) is 17.7. The Hall–Kier alpha value is -2.71. The molecule has 158 valence electrons. The summed E-state index contributed by atoms with van der Waals surface area (Å²) in [6.45, 7) is 0.703. The van der Waals surface area contributed by atoms with Crippen molar-refractivity contribution < 1.29 is 9.59 Å². The van der Waals surface area contributed by atoms with Crippen LogP contribution in [0.25, 0.3) is 16.3 Å². The monoisotopic (exact) mass is 451 g/mol. The van der Waals surface area contributed by atoms with Gasteiger partial charge in [0, 0.05) is 18.0 Å². The number of aryl methyl sites for hydroxylation is 3. The van der Waals surface area contributed by atoms with E-state index in [-0.39, 0.29) is 23.3 Å². The molecule has 1 aliphatic carbocycles. The van der Waals surface area contributed by atoms with Crippen LogP contribution in [0.5, 0.6) is 0 Å². The summed E-state index contributed by atoms with van der Waals surface area (Å²) in [5, 5.41) is 0.499. The Balaban J connectivity index is 1.29. The summed E-state index contributed by atoms with van der Waals surface area (Å²) in [6, 6.07) is 9.48. The van der Waals surface area contributed by atoms with Crippen LogP contribution in [0.1, 0.15) is 35.3 Å². The fourth-order valence-electron chi connectivity index (χ4n) is 4.13. The van der Waals surface area contributed by atoms with Gasteiger partial charge in [-0.25, -0.2) is 4.98 Å². The van der Waals surface area contributed by atoms with E-state index in [4.69, 9.17) is 0 Å². The highest BCUT2D eigenvalue weighted by Crippen LogP contribution is 2.34. The number of hydrogen-bond donors (Lipinski definition) is 0. The number of hydrogen-bond acceptors (Lipinski definition) is 6. The number of carbonyl (C=O) groups excluding carboxylic acids is 2. The first-order valence-electron chi connectivity index (χ1n) is 10.4. The SMILES string of the molecule is O=C1S/C(=C/c2ccccc2)C(=O)N1CCCn1cnc2sc3c(c2c1=O)CCCC3. The topological polar surface area (TPSA) is 72.3 Å². The van der Waals surface area contributed by atoms with E-state index in [0.717, 1.165) is 46.8 Å². The molecular weight excluding hydrogens is 430 g/mol. The predicted octanol–water partition coefficient (Wildman–Crippen LogP) is 4.46. The first kappa shape index (κ1) is 20.2. The molecule has 1 aromatic carbocycles. The van der Waals surface area contributed by atoms with Gasteiger partial charge in [0.05, 0.1) is 16.6 Å². The number of rotatable bonds is 5. The molecule has 0 unspecified atom stereocenters. The molecule has 0 N–H and O–H groups in total. The van der Waals surface area contributed by atoms with Gasteiger partial charge in [-0.2, -0.15) is 0 Å². The van der Waals surface area contributed by atoms with Crippen molar-refractivity contribution in [3.05, 3.63) is 67.9 Å². The van der Waals surface area contributed by atoms with E-state index >= 15 is 0 Å². The number of thiophene rings is 1. The minimum atomic E-state index is -0.272. The molecule has 5 rings (SSSR count). The highest BCUT2D eigenvalue weighted by atomic mass is 32.2. The molecule has 2 amide bonds. The molecule has 1 saturated heterocycles. The van der Waals surface area contributed by atoms with E-state index in [2.05, 4.69) is 4.98 Å². The molecule has 0 saturated carbocycles. The molecule has 0 radical (unpaired) electrons. The van der Waals surface area contributed by atoms with Crippen LogP contribution in [0.2, 0.25) is 0 Å². The minimum absolute atomic E-state index is 0.0116. The Morgan fingerprint density at radius 2 is 1.84 bits per heavy atom. The van der Waals surface area contributed by atoms with Gasteiger partial charge in [-0.05, 0) is 61.1 Å². The summed E-state index contributed by atoms with van der Waals surface area (Å²) >= 11 is 2.60. The zero-order valence-corrected chi connectivity index (χ0v) is 18.5. The zero-order valence-electron chi connectivity index (χ0n) is 16.9. The standard InChI is InChI=1S/C23H21N3O3S2/c27-21-18(13-15-7-2-1-3-8-15)31-23(29)26(21)12-6-11-25-14-24-20-19(22(25)28)16-9-4-5-10-17(16)30-20/h1-3,7-8,13-14H,4-6,9-12H2/b18-13+. The van der Waals surface area contributed by atoms with Crippen molar-refractivity contribution in [3.63, 3.8) is 0 Å². The lowest BCUT2D eigenvalue weighted by Gasteiger charge is -2.13. The summed E-state index contributed by atoms with van der Waals surface area (Å²) in [7, 11) is 0. The van der Waals surface area contributed by atoms with Crippen LogP contribution in [0.4, 0.5) is 4.79 Å². The summed E-state index contributed by atoms with van der Waals surface area (Å²) in [5.41, 5.74) is 2.05. The van der Waals surface area contributed by atoms with Crippen molar-refractivity contribution in [1.29, 1.82) is 0 Å². The second-order valence-electron chi connectivity index (χ2n) is 7.73. The molecule has 6 nitrogen and oxygen atoms in total. The van der Waals surface area contributed by atoms with Crippen LogP contribution in [-0.4, -0.2) is 32.1 Å². The van der Waals surface area contributed by atoms with Crippen LogP contribution < -0.4 is 5.56 Å². The molecule has 8 heteroatoms. The third-order valence-corrected chi connectivity index (χ3v) is 7.80. The number of benzene rings is 1. The van der Waals surface area contributed by atoms with Gasteiger partial charge >= 0.3 is 0 Å². The quantitative estimate of drug-likeness (QED) is 0.536. The van der Waals surface area contributed by atoms with E-state index in [1.54, 1.807) is 28.3 Å². The number of aromatic nitrogens is 2. The van der Waals surface area contributed by atoms with Gasteiger partial charge in [-0.1, -0.05) is 30.3 Å². The molecule has 1 fully saturated rings. The molecule has 0 spiro atoms. The summed E-state index contributed by atoms with van der Waals surface area (Å²) < 4.78 is 1.61. The van der Waals surface area contributed by atoms with Crippen molar-refractivity contribution in [2.24, 2.45) is 0 Å². The smallest absolute Gasteiger partial charge is 0.293 e. The van der Waals surface area contributed by atoms with Crippen molar-refractivity contribution in [1.82, 2.24) is 14.5 Å². The maximum atomic E-state index is 13.0. The fourth-order valence-corrected chi connectivity index (χ4v) is 6.22. The van der Waals surface area contributed by atoms with E-state index in [0.29, 0.717) is 17.9 Å². The van der Waals surface area contributed by atoms with Gasteiger partial charge in [0.25, 0.3) is 16.7 Å². The van der Waals surface area contributed by atoms with Gasteiger partial charge in [0.2, 0.25) is 0 Å². The van der Waals surface area contributed by atoms with E-state index in [1.165, 1.54) is 21.8 Å². The van der Waals surface area contributed by atoms with E-state index in [1.807, 2.05) is 30.3 Å². The largest absolute Gasteiger partial charge is 0.299 e. The van der Waals surface area contributed by atoms with Gasteiger partial charge in [0.1, 0.15) is 4.83 Å². The number of amides is 2. The van der Waals surface area contributed by atoms with Crippen molar-refractivity contribution >= 4 is 50.5 Å². The van der Waals surface area contributed by atoms with Crippen LogP contribution in [0, 0.1) is 0 Å². The van der Waals surface area contributed by atoms with Crippen LogP contribution in [0.15, 0.2) is 46.4 Å². The van der Waals surface area contributed by atoms with Crippen molar-refractivity contribution in [2.75, 3.05) is 6.54 Å². The second kappa shape index (κ2) is 8.43. The van der Waals surface area contributed by atoms with Crippen molar-refractivity contribution in [2.45, 2.75) is 38.6 Å². The third-order valence-electron chi connectivity index (χ3n) is 5.69. The molecule has 1 aliphatic heterocycles. The number of nitrogens with zero attached hydrogens (tertiary/aromatic N) is 3. The Morgan fingerprint density at radius 3 is 2.68 bits per heavy atom. The van der Waals surface area contributed by atoms with E-state index < -0.39 is 0 Å². The molecule has 31 heavy (non-hydrogen) atoms. The molecule has 3 heterocycles. The van der Waals surface area contributed by atoms with Crippen LogP contribution in [0.3, 0.4) is 0 Å². The lowest BCUT2D eigenvalue weighted by atomic mass is 9.97. The summed E-state index contributed by atoms with van der Waals surface area (Å²) in [5.74, 6) is -0.272. The molecule has 2 aromatic heterocycles. The van der Waals surface area contributed by atoms with Gasteiger partial charge in [0.15, 0.2) is 0 Å². The second-order valence-corrected chi connectivity index (χ2v) is 9.81. The van der Waals surface area contributed by atoms with Crippen LogP contribution >= 0.6 is 23.1 Å². The number of imide groups is 1. The van der Waals surface area contributed by atoms with Crippen LogP contribution in [-0.2, 0) is 24.2 Å². The summed E-state index contributed by atoms with van der Waals surface area (Å²) in [6.07, 6.45) is 8.11. The highest BCUT2D eigenvalue weighted by Gasteiger charge is 2.34. The third kappa shape index (κ3) is 3.85. The van der Waals surface area contributed by atoms with Gasteiger partial charge in [-0.3, -0.25) is 23.9 Å². The number of thioether (sulfide) groups is 1. The van der Waals surface area contributed by atoms with E-state index in [9.17, 15) is 14.4 Å². The number of fused-ring (bicyclic) bond motifs is 3. The first-order chi connectivity index (χ1) is 15.1. The maximum Gasteiger partial charge on any atom is 0.293 e. The van der Waals surface area contributed by atoms with Crippen molar-refractivity contribution in [3.8, 4) is 0 Å².